The third-order valence-electron chi connectivity index (χ3n) is 4.87. The van der Waals surface area contributed by atoms with Crippen molar-refractivity contribution in [3.8, 4) is 5.69 Å². The topological polar surface area (TPSA) is 63.5 Å². The Morgan fingerprint density at radius 1 is 1.18 bits per heavy atom. The first-order valence-electron chi connectivity index (χ1n) is 9.37. The van der Waals surface area contributed by atoms with E-state index in [2.05, 4.69) is 36.4 Å². The average molecular weight is 398 g/mol. The Morgan fingerprint density at radius 3 is 2.57 bits per heavy atom. The summed E-state index contributed by atoms with van der Waals surface area (Å²) in [6, 6.07) is 16.0. The highest BCUT2D eigenvalue weighted by Gasteiger charge is 2.17. The molecule has 1 heterocycles. The summed E-state index contributed by atoms with van der Waals surface area (Å²) in [5.41, 5.74) is 5.76. The summed E-state index contributed by atoms with van der Waals surface area (Å²) >= 11 is 6.05. The molecule has 0 fully saturated rings. The Hall–Kier alpha value is -2.63. The fourth-order valence-electron chi connectivity index (χ4n) is 3.16. The van der Waals surface area contributed by atoms with Crippen LogP contribution < -0.4 is 10.6 Å². The van der Waals surface area contributed by atoms with Crippen LogP contribution in [0.4, 0.5) is 5.69 Å². The molecule has 0 bridgehead atoms. The molecule has 2 aromatic carbocycles. The molecule has 0 radical (unpaired) electrons. The first kappa shape index (κ1) is 20.1. The monoisotopic (exact) mass is 397 g/mol. The Labute approximate surface area is 170 Å². The van der Waals surface area contributed by atoms with Gasteiger partial charge >= 0.3 is 0 Å². The van der Waals surface area contributed by atoms with Gasteiger partial charge in [-0.25, -0.2) is 4.68 Å². The molecule has 1 aromatic heterocycles. The zero-order valence-corrected chi connectivity index (χ0v) is 17.4. The van der Waals surface area contributed by atoms with Crippen LogP contribution in [-0.2, 0) is 4.79 Å². The summed E-state index contributed by atoms with van der Waals surface area (Å²) in [7, 11) is 0. The molecule has 28 heavy (non-hydrogen) atoms. The molecular weight excluding hydrogens is 372 g/mol. The molecule has 1 amide bonds. The molecule has 0 unspecified atom stereocenters. The number of amides is 1. The summed E-state index contributed by atoms with van der Waals surface area (Å²) in [5, 5.41) is 10.3. The number of aryl methyl sites for hydroxylation is 2. The van der Waals surface area contributed by atoms with Gasteiger partial charge in [0.05, 0.1) is 22.8 Å². The van der Waals surface area contributed by atoms with Crippen LogP contribution in [0.3, 0.4) is 0 Å². The Kier molecular flexibility index (Phi) is 6.17. The van der Waals surface area contributed by atoms with E-state index in [0.717, 1.165) is 28.3 Å². The standard InChI is InChI=1S/C22H25ClN4O/c1-14-8-10-20(11-9-14)27-17(4)22(16(3)26-27)25-21(28)13-24-15(2)18-6-5-7-19(23)12-18/h5-12,15,24H,13H2,1-4H3,(H,25,28)/p+1/t15-/m1/s1. The molecule has 3 rings (SSSR count). The van der Waals surface area contributed by atoms with Gasteiger partial charge in [-0.1, -0.05) is 41.4 Å². The van der Waals surface area contributed by atoms with Gasteiger partial charge in [0.1, 0.15) is 6.04 Å². The molecule has 3 N–H and O–H groups in total. The number of hydrogen-bond acceptors (Lipinski definition) is 2. The number of nitrogens with zero attached hydrogens (tertiary/aromatic N) is 2. The largest absolute Gasteiger partial charge is 0.333 e. The van der Waals surface area contributed by atoms with Crippen LogP contribution in [-0.4, -0.2) is 22.2 Å². The molecular formula is C22H26ClN4O+. The quantitative estimate of drug-likeness (QED) is 0.665. The first-order valence-corrected chi connectivity index (χ1v) is 9.75. The second-order valence-corrected chi connectivity index (χ2v) is 7.56. The molecule has 0 aliphatic carbocycles. The molecule has 0 aliphatic heterocycles. The zero-order chi connectivity index (χ0) is 20.3. The van der Waals surface area contributed by atoms with Gasteiger partial charge in [0.15, 0.2) is 6.54 Å². The smallest absolute Gasteiger partial charge is 0.279 e. The molecule has 1 atom stereocenters. The summed E-state index contributed by atoms with van der Waals surface area (Å²) in [6.45, 7) is 8.31. The Bertz CT molecular complexity index is 979. The van der Waals surface area contributed by atoms with Crippen molar-refractivity contribution in [1.29, 1.82) is 0 Å². The molecule has 0 aliphatic rings. The van der Waals surface area contributed by atoms with Gasteiger partial charge in [0.2, 0.25) is 0 Å². The fraction of sp³-hybridized carbons (Fsp3) is 0.273. The minimum atomic E-state index is -0.0523. The van der Waals surface area contributed by atoms with Gasteiger partial charge in [-0.15, -0.1) is 0 Å². The predicted octanol–water partition coefficient (Wildman–Crippen LogP) is 3.71. The number of carbonyl (C=O) groups is 1. The van der Waals surface area contributed by atoms with E-state index in [9.17, 15) is 4.79 Å². The van der Waals surface area contributed by atoms with E-state index in [1.165, 1.54) is 5.56 Å². The third-order valence-corrected chi connectivity index (χ3v) is 5.10. The second-order valence-electron chi connectivity index (χ2n) is 7.12. The lowest BCUT2D eigenvalue weighted by Crippen LogP contribution is -2.86. The molecule has 0 saturated heterocycles. The van der Waals surface area contributed by atoms with Crippen LogP contribution in [0.1, 0.15) is 35.5 Å². The van der Waals surface area contributed by atoms with Crippen molar-refractivity contribution in [3.05, 3.63) is 76.1 Å². The highest BCUT2D eigenvalue weighted by Crippen LogP contribution is 2.23. The molecule has 3 aromatic rings. The van der Waals surface area contributed by atoms with Gasteiger partial charge in [-0.05, 0) is 52.0 Å². The number of nitrogens with two attached hydrogens (primary N) is 1. The third kappa shape index (κ3) is 4.61. The predicted molar refractivity (Wildman–Crippen MR) is 113 cm³/mol. The molecule has 6 heteroatoms. The van der Waals surface area contributed by atoms with Crippen LogP contribution in [0.15, 0.2) is 48.5 Å². The number of hydrogen-bond donors (Lipinski definition) is 2. The Morgan fingerprint density at radius 2 is 1.89 bits per heavy atom. The summed E-state index contributed by atoms with van der Waals surface area (Å²) in [6.07, 6.45) is 0. The van der Waals surface area contributed by atoms with Gasteiger partial charge in [-0.3, -0.25) is 4.79 Å². The average Bonchev–Trinajstić information content (AvgIpc) is 2.95. The van der Waals surface area contributed by atoms with E-state index in [1.807, 2.05) is 60.2 Å². The van der Waals surface area contributed by atoms with Crippen LogP contribution in [0.2, 0.25) is 5.02 Å². The number of nitrogens with one attached hydrogen (secondary N) is 1. The second kappa shape index (κ2) is 8.59. The van der Waals surface area contributed by atoms with Crippen LogP contribution in [0, 0.1) is 20.8 Å². The first-order chi connectivity index (χ1) is 13.3. The van der Waals surface area contributed by atoms with Crippen LogP contribution in [0.5, 0.6) is 0 Å². The van der Waals surface area contributed by atoms with Crippen molar-refractivity contribution in [2.24, 2.45) is 0 Å². The molecule has 146 valence electrons. The van der Waals surface area contributed by atoms with Gasteiger partial charge < -0.3 is 10.6 Å². The lowest BCUT2D eigenvalue weighted by atomic mass is 10.1. The number of halogens is 1. The van der Waals surface area contributed by atoms with E-state index in [0.29, 0.717) is 11.6 Å². The number of carbonyl (C=O) groups excluding carboxylic acids is 1. The number of anilines is 1. The summed E-state index contributed by atoms with van der Waals surface area (Å²) < 4.78 is 1.86. The number of aromatic nitrogens is 2. The molecule has 5 nitrogen and oxygen atoms in total. The Balaban J connectivity index is 1.66. The van der Waals surface area contributed by atoms with E-state index in [-0.39, 0.29) is 11.9 Å². The molecule has 0 spiro atoms. The minimum absolute atomic E-state index is 0.0523. The van der Waals surface area contributed by atoms with Gasteiger partial charge in [0.25, 0.3) is 5.91 Å². The van der Waals surface area contributed by atoms with E-state index < -0.39 is 0 Å². The van der Waals surface area contributed by atoms with Gasteiger partial charge in [-0.2, -0.15) is 5.10 Å². The highest BCUT2D eigenvalue weighted by molar-refractivity contribution is 6.30. The highest BCUT2D eigenvalue weighted by atomic mass is 35.5. The normalized spacial score (nSPS) is 12.0. The zero-order valence-electron chi connectivity index (χ0n) is 16.7. The summed E-state index contributed by atoms with van der Waals surface area (Å²) in [5.74, 6) is -0.0523. The maximum atomic E-state index is 12.5. The maximum Gasteiger partial charge on any atom is 0.279 e. The fourth-order valence-corrected chi connectivity index (χ4v) is 3.36. The SMILES string of the molecule is Cc1ccc(-n2nc(C)c(NC(=O)C[NH2+][C@H](C)c3cccc(Cl)c3)c2C)cc1. The van der Waals surface area contributed by atoms with Gasteiger partial charge in [0, 0.05) is 10.6 Å². The van der Waals surface area contributed by atoms with E-state index >= 15 is 0 Å². The molecule has 0 saturated carbocycles. The van der Waals surface area contributed by atoms with Crippen molar-refractivity contribution >= 4 is 23.2 Å². The van der Waals surface area contributed by atoms with Crippen molar-refractivity contribution in [3.63, 3.8) is 0 Å². The van der Waals surface area contributed by atoms with Crippen LogP contribution >= 0.6 is 11.6 Å². The lowest BCUT2D eigenvalue weighted by molar-refractivity contribution is -0.682. The van der Waals surface area contributed by atoms with Crippen molar-refractivity contribution < 1.29 is 10.1 Å². The van der Waals surface area contributed by atoms with Crippen molar-refractivity contribution in [2.45, 2.75) is 33.7 Å². The summed E-state index contributed by atoms with van der Waals surface area (Å²) in [4.78, 5) is 12.5. The van der Waals surface area contributed by atoms with E-state index in [1.54, 1.807) is 0 Å². The van der Waals surface area contributed by atoms with Crippen molar-refractivity contribution in [2.75, 3.05) is 11.9 Å². The maximum absolute atomic E-state index is 12.5. The van der Waals surface area contributed by atoms with E-state index in [4.69, 9.17) is 11.6 Å². The minimum Gasteiger partial charge on any atom is -0.333 e. The lowest BCUT2D eigenvalue weighted by Gasteiger charge is -2.12. The van der Waals surface area contributed by atoms with Crippen LogP contribution in [0.25, 0.3) is 5.69 Å². The number of benzene rings is 2. The van der Waals surface area contributed by atoms with Crippen molar-refractivity contribution in [1.82, 2.24) is 9.78 Å². The number of quaternary nitrogens is 1. The number of rotatable bonds is 6.